The minimum absolute atomic E-state index is 0.144. The highest BCUT2D eigenvalue weighted by Gasteiger charge is 2.33. The normalized spacial score (nSPS) is 12.0. The van der Waals surface area contributed by atoms with Gasteiger partial charge in [0.05, 0.1) is 22.3 Å². The van der Waals surface area contributed by atoms with Crippen LogP contribution in [0.1, 0.15) is 12.5 Å². The number of rotatable bonds is 3. The Morgan fingerprint density at radius 3 is 2.64 bits per heavy atom. The Kier molecular flexibility index (Phi) is 4.22. The Balaban J connectivity index is 2.00. The molecule has 0 atom stereocenters. The fourth-order valence-electron chi connectivity index (χ4n) is 3.06. The molecular weight excluding hydrogens is 395 g/mol. The topological polar surface area (TPSA) is 87.4 Å². The summed E-state index contributed by atoms with van der Waals surface area (Å²) in [5, 5.41) is 3.70. The minimum atomic E-state index is -4.57. The molecule has 0 unspecified atom stereocenters. The number of imidazole rings is 1. The number of hydrogen-bond acceptors (Lipinski definition) is 5. The standard InChI is InChI=1S/C17H13ClF3N7/c1-2-27-14-10(9-3-4-12(18)11(5-9)17(19,20)21)6-23-7-13(14)26-16(27)28-15(22)24-8-25-28/h3-8H,2H2,1H3,(H2,22,24,25). The first-order valence-corrected chi connectivity index (χ1v) is 8.56. The van der Waals surface area contributed by atoms with Gasteiger partial charge in [-0.2, -0.15) is 27.9 Å². The highest BCUT2D eigenvalue weighted by molar-refractivity contribution is 6.31. The summed E-state index contributed by atoms with van der Waals surface area (Å²) in [5.41, 5.74) is 6.83. The summed E-state index contributed by atoms with van der Waals surface area (Å²) in [6.07, 6.45) is -0.251. The van der Waals surface area contributed by atoms with Crippen molar-refractivity contribution in [1.82, 2.24) is 29.3 Å². The zero-order valence-electron chi connectivity index (χ0n) is 14.4. The smallest absolute Gasteiger partial charge is 0.368 e. The first kappa shape index (κ1) is 18.2. The van der Waals surface area contributed by atoms with Crippen molar-refractivity contribution in [2.75, 3.05) is 5.73 Å². The SMILES string of the molecule is CCn1c(-n2ncnc2N)nc2cncc(-c3ccc(Cl)c(C(F)(F)F)c3)c21. The Morgan fingerprint density at radius 1 is 1.21 bits per heavy atom. The van der Waals surface area contributed by atoms with Gasteiger partial charge >= 0.3 is 6.18 Å². The van der Waals surface area contributed by atoms with Crippen LogP contribution in [0.2, 0.25) is 5.02 Å². The molecule has 0 aliphatic rings. The van der Waals surface area contributed by atoms with Gasteiger partial charge in [0.2, 0.25) is 11.9 Å². The quantitative estimate of drug-likeness (QED) is 0.555. The van der Waals surface area contributed by atoms with E-state index in [2.05, 4.69) is 20.1 Å². The van der Waals surface area contributed by atoms with Gasteiger partial charge in [-0.15, -0.1) is 0 Å². The fraction of sp³-hybridized carbons (Fsp3) is 0.176. The average molecular weight is 408 g/mol. The van der Waals surface area contributed by atoms with Gasteiger partial charge in [-0.3, -0.25) is 4.98 Å². The van der Waals surface area contributed by atoms with Crippen molar-refractivity contribution >= 4 is 28.6 Å². The zero-order valence-corrected chi connectivity index (χ0v) is 15.2. The maximum atomic E-state index is 13.3. The molecule has 0 spiro atoms. The Morgan fingerprint density at radius 2 is 2.00 bits per heavy atom. The third kappa shape index (κ3) is 2.85. The van der Waals surface area contributed by atoms with Crippen molar-refractivity contribution in [3.8, 4) is 17.1 Å². The van der Waals surface area contributed by atoms with Crippen molar-refractivity contribution in [1.29, 1.82) is 0 Å². The van der Waals surface area contributed by atoms with Gasteiger partial charge in [0.15, 0.2) is 0 Å². The highest BCUT2D eigenvalue weighted by atomic mass is 35.5. The third-order valence-corrected chi connectivity index (χ3v) is 4.62. The lowest BCUT2D eigenvalue weighted by atomic mass is 10.0. The van der Waals surface area contributed by atoms with Crippen molar-refractivity contribution in [2.24, 2.45) is 0 Å². The van der Waals surface area contributed by atoms with Crippen molar-refractivity contribution in [3.63, 3.8) is 0 Å². The molecule has 0 aliphatic carbocycles. The number of anilines is 1. The molecule has 0 saturated heterocycles. The molecule has 3 aromatic heterocycles. The summed E-state index contributed by atoms with van der Waals surface area (Å²) < 4.78 is 43.0. The Labute approximate surface area is 161 Å². The molecule has 0 amide bonds. The molecule has 0 radical (unpaired) electrons. The predicted octanol–water partition coefficient (Wildman–Crippen LogP) is 3.95. The van der Waals surface area contributed by atoms with Crippen LogP contribution in [-0.4, -0.2) is 29.3 Å². The van der Waals surface area contributed by atoms with E-state index in [4.69, 9.17) is 17.3 Å². The van der Waals surface area contributed by atoms with Gasteiger partial charge in [-0.05, 0) is 24.6 Å². The van der Waals surface area contributed by atoms with Gasteiger partial charge in [0, 0.05) is 18.3 Å². The first-order valence-electron chi connectivity index (χ1n) is 8.18. The lowest BCUT2D eigenvalue weighted by molar-refractivity contribution is -0.137. The highest BCUT2D eigenvalue weighted by Crippen LogP contribution is 2.38. The molecule has 1 aromatic carbocycles. The van der Waals surface area contributed by atoms with E-state index in [1.165, 1.54) is 35.5 Å². The van der Waals surface area contributed by atoms with E-state index in [9.17, 15) is 13.2 Å². The van der Waals surface area contributed by atoms with Crippen LogP contribution in [-0.2, 0) is 12.7 Å². The Bertz CT molecular complexity index is 1180. The maximum absolute atomic E-state index is 13.3. The summed E-state index contributed by atoms with van der Waals surface area (Å²) in [5.74, 6) is 0.539. The fourth-order valence-corrected chi connectivity index (χ4v) is 3.29. The monoisotopic (exact) mass is 407 g/mol. The van der Waals surface area contributed by atoms with E-state index in [1.54, 1.807) is 4.57 Å². The number of hydrogen-bond donors (Lipinski definition) is 1. The molecule has 7 nitrogen and oxygen atoms in total. The van der Waals surface area contributed by atoms with Gasteiger partial charge in [0.1, 0.15) is 11.8 Å². The van der Waals surface area contributed by atoms with Crippen LogP contribution in [0.15, 0.2) is 36.9 Å². The molecule has 4 aromatic rings. The molecule has 28 heavy (non-hydrogen) atoms. The van der Waals surface area contributed by atoms with Gasteiger partial charge in [-0.1, -0.05) is 17.7 Å². The molecule has 4 rings (SSSR count). The third-order valence-electron chi connectivity index (χ3n) is 4.29. The second-order valence-corrected chi connectivity index (χ2v) is 6.34. The lowest BCUT2D eigenvalue weighted by Crippen LogP contribution is -2.10. The van der Waals surface area contributed by atoms with Crippen molar-refractivity contribution < 1.29 is 13.2 Å². The van der Waals surface area contributed by atoms with Crippen LogP contribution >= 0.6 is 11.6 Å². The lowest BCUT2D eigenvalue weighted by Gasteiger charge is -2.13. The molecular formula is C17H13ClF3N7. The van der Waals surface area contributed by atoms with Crippen molar-refractivity contribution in [2.45, 2.75) is 19.6 Å². The van der Waals surface area contributed by atoms with Crippen LogP contribution < -0.4 is 5.73 Å². The molecule has 2 N–H and O–H groups in total. The van der Waals surface area contributed by atoms with E-state index < -0.39 is 11.7 Å². The van der Waals surface area contributed by atoms with Gasteiger partial charge < -0.3 is 10.3 Å². The molecule has 0 bridgehead atoms. The molecule has 0 aliphatic heterocycles. The van der Waals surface area contributed by atoms with E-state index in [-0.39, 0.29) is 11.0 Å². The average Bonchev–Trinajstić information content (AvgIpc) is 3.23. The number of nitrogen functional groups attached to an aromatic ring is 1. The van der Waals surface area contributed by atoms with Gasteiger partial charge in [0.25, 0.3) is 0 Å². The van der Waals surface area contributed by atoms with Crippen LogP contribution in [0, 0.1) is 0 Å². The molecule has 0 saturated carbocycles. The number of pyridine rings is 1. The van der Waals surface area contributed by atoms with Crippen LogP contribution in [0.25, 0.3) is 28.1 Å². The van der Waals surface area contributed by atoms with Gasteiger partial charge in [-0.25, -0.2) is 4.98 Å². The predicted molar refractivity (Wildman–Crippen MR) is 98.0 cm³/mol. The minimum Gasteiger partial charge on any atom is -0.368 e. The van der Waals surface area contributed by atoms with E-state index in [0.29, 0.717) is 34.7 Å². The van der Waals surface area contributed by atoms with Crippen LogP contribution in [0.4, 0.5) is 19.1 Å². The second kappa shape index (κ2) is 6.48. The summed E-state index contributed by atoms with van der Waals surface area (Å²) >= 11 is 5.75. The number of nitrogens with two attached hydrogens (primary N) is 1. The van der Waals surface area contributed by atoms with E-state index in [0.717, 1.165) is 6.07 Å². The maximum Gasteiger partial charge on any atom is 0.417 e. The second-order valence-electron chi connectivity index (χ2n) is 5.93. The number of halogens is 4. The number of fused-ring (bicyclic) bond motifs is 1. The van der Waals surface area contributed by atoms with E-state index in [1.807, 2.05) is 6.92 Å². The van der Waals surface area contributed by atoms with Crippen LogP contribution in [0.5, 0.6) is 0 Å². The first-order chi connectivity index (χ1) is 13.3. The van der Waals surface area contributed by atoms with Crippen molar-refractivity contribution in [3.05, 3.63) is 47.5 Å². The molecule has 0 fully saturated rings. The zero-order chi connectivity index (χ0) is 20.1. The molecule has 144 valence electrons. The number of aromatic nitrogens is 6. The Hall–Kier alpha value is -3.14. The summed E-state index contributed by atoms with van der Waals surface area (Å²) in [4.78, 5) is 12.5. The largest absolute Gasteiger partial charge is 0.417 e. The summed E-state index contributed by atoms with van der Waals surface area (Å²) in [6.45, 7) is 2.35. The molecule has 3 heterocycles. The summed E-state index contributed by atoms with van der Waals surface area (Å²) in [7, 11) is 0. The number of aryl methyl sites for hydroxylation is 1. The summed E-state index contributed by atoms with van der Waals surface area (Å²) in [6, 6.07) is 3.75. The number of benzene rings is 1. The number of alkyl halides is 3. The van der Waals surface area contributed by atoms with Crippen LogP contribution in [0.3, 0.4) is 0 Å². The number of nitrogens with zero attached hydrogens (tertiary/aromatic N) is 6. The van der Waals surface area contributed by atoms with E-state index >= 15 is 0 Å². The molecule has 11 heteroatoms.